The highest BCUT2D eigenvalue weighted by Gasteiger charge is 2.11. The van der Waals surface area contributed by atoms with Crippen LogP contribution < -0.4 is 0 Å². The van der Waals surface area contributed by atoms with E-state index in [0.717, 1.165) is 12.5 Å². The third kappa shape index (κ3) is 6.62. The fourth-order valence-electron chi connectivity index (χ4n) is 0.832. The predicted molar refractivity (Wildman–Crippen MR) is 52.5 cm³/mol. The minimum absolute atomic E-state index is 0.373. The van der Waals surface area contributed by atoms with Gasteiger partial charge in [-0.15, -0.1) is 0 Å². The van der Waals surface area contributed by atoms with E-state index < -0.39 is 12.3 Å². The smallest absolute Gasteiger partial charge is 0.332 e. The van der Waals surface area contributed by atoms with Crippen LogP contribution in [-0.2, 0) is 19.0 Å². The lowest BCUT2D eigenvalue weighted by molar-refractivity contribution is -0.226. The Morgan fingerprint density at radius 2 is 2.07 bits per heavy atom. The van der Waals surface area contributed by atoms with E-state index in [0.29, 0.717) is 6.61 Å². The van der Waals surface area contributed by atoms with Crippen LogP contribution in [0.5, 0.6) is 0 Å². The second kappa shape index (κ2) is 7.53. The number of esters is 1. The first-order valence-electron chi connectivity index (χ1n) is 4.70. The van der Waals surface area contributed by atoms with Crippen molar-refractivity contribution in [2.75, 3.05) is 6.61 Å². The zero-order valence-corrected chi connectivity index (χ0v) is 8.99. The standard InChI is InChI=1S/C10H18O4/c1-5-7-12-8(3)13-9(4)14-10(11)6-2/h6,8-9H,2,5,7H2,1,3-4H3. The Morgan fingerprint density at radius 1 is 1.43 bits per heavy atom. The van der Waals surface area contributed by atoms with Gasteiger partial charge in [-0.05, 0) is 20.3 Å². The highest BCUT2D eigenvalue weighted by atomic mass is 16.8. The van der Waals surface area contributed by atoms with Crippen molar-refractivity contribution in [2.45, 2.75) is 39.8 Å². The van der Waals surface area contributed by atoms with Crippen molar-refractivity contribution < 1.29 is 19.0 Å². The lowest BCUT2D eigenvalue weighted by atomic mass is 10.5. The third-order valence-corrected chi connectivity index (χ3v) is 1.39. The van der Waals surface area contributed by atoms with Gasteiger partial charge >= 0.3 is 5.97 Å². The molecule has 4 nitrogen and oxygen atoms in total. The molecule has 0 aliphatic rings. The average Bonchev–Trinajstić information content (AvgIpc) is 2.14. The Labute approximate surface area is 84.8 Å². The summed E-state index contributed by atoms with van der Waals surface area (Å²) in [6.07, 6.45) is 1.03. The predicted octanol–water partition coefficient (Wildman–Crippen LogP) is 1.85. The van der Waals surface area contributed by atoms with E-state index in [2.05, 4.69) is 6.58 Å². The molecule has 2 unspecified atom stereocenters. The van der Waals surface area contributed by atoms with Crippen LogP contribution in [0.1, 0.15) is 27.2 Å². The van der Waals surface area contributed by atoms with Gasteiger partial charge in [0.15, 0.2) is 6.29 Å². The molecule has 0 rings (SSSR count). The molecule has 0 aliphatic carbocycles. The number of hydrogen-bond acceptors (Lipinski definition) is 4. The van der Waals surface area contributed by atoms with E-state index in [1.807, 2.05) is 6.92 Å². The highest BCUT2D eigenvalue weighted by Crippen LogP contribution is 2.02. The van der Waals surface area contributed by atoms with Gasteiger partial charge in [0, 0.05) is 12.7 Å². The minimum Gasteiger partial charge on any atom is -0.433 e. The van der Waals surface area contributed by atoms with Gasteiger partial charge in [-0.25, -0.2) is 4.79 Å². The van der Waals surface area contributed by atoms with E-state index >= 15 is 0 Å². The largest absolute Gasteiger partial charge is 0.433 e. The maximum Gasteiger partial charge on any atom is 0.332 e. The minimum atomic E-state index is -0.618. The number of ether oxygens (including phenoxy) is 3. The van der Waals surface area contributed by atoms with Crippen LogP contribution in [0.25, 0.3) is 0 Å². The van der Waals surface area contributed by atoms with Gasteiger partial charge in [0.05, 0.1) is 0 Å². The molecule has 0 aliphatic heterocycles. The monoisotopic (exact) mass is 202 g/mol. The summed E-state index contributed by atoms with van der Waals surface area (Å²) in [5, 5.41) is 0. The SMILES string of the molecule is C=CC(=O)OC(C)OC(C)OCCC. The molecule has 2 atom stereocenters. The topological polar surface area (TPSA) is 44.8 Å². The third-order valence-electron chi connectivity index (χ3n) is 1.39. The summed E-state index contributed by atoms with van der Waals surface area (Å²) in [7, 11) is 0. The molecule has 0 bridgehead atoms. The molecule has 0 saturated carbocycles. The average molecular weight is 202 g/mol. The molecule has 0 heterocycles. The summed E-state index contributed by atoms with van der Waals surface area (Å²) in [5.74, 6) is -0.500. The molecular weight excluding hydrogens is 184 g/mol. The van der Waals surface area contributed by atoms with Gasteiger partial charge in [0.25, 0.3) is 0 Å². The molecule has 14 heavy (non-hydrogen) atoms. The molecule has 0 aromatic heterocycles. The zero-order chi connectivity index (χ0) is 11.0. The first-order valence-corrected chi connectivity index (χ1v) is 4.70. The molecule has 0 spiro atoms. The van der Waals surface area contributed by atoms with Gasteiger partial charge < -0.3 is 14.2 Å². The van der Waals surface area contributed by atoms with Gasteiger partial charge in [-0.2, -0.15) is 0 Å². The van der Waals surface area contributed by atoms with Crippen LogP contribution in [-0.4, -0.2) is 25.2 Å². The fraction of sp³-hybridized carbons (Fsp3) is 0.700. The van der Waals surface area contributed by atoms with Crippen LogP contribution in [0.3, 0.4) is 0 Å². The van der Waals surface area contributed by atoms with E-state index in [9.17, 15) is 4.79 Å². The summed E-state index contributed by atoms with van der Waals surface area (Å²) in [6, 6.07) is 0. The lowest BCUT2D eigenvalue weighted by Crippen LogP contribution is -2.24. The summed E-state index contributed by atoms with van der Waals surface area (Å²) in [5.41, 5.74) is 0. The number of carbonyl (C=O) groups is 1. The van der Waals surface area contributed by atoms with E-state index in [4.69, 9.17) is 14.2 Å². The van der Waals surface area contributed by atoms with Gasteiger partial charge in [0.2, 0.25) is 6.29 Å². The van der Waals surface area contributed by atoms with Gasteiger partial charge in [-0.3, -0.25) is 0 Å². The van der Waals surface area contributed by atoms with Crippen LogP contribution >= 0.6 is 0 Å². The molecule has 0 aromatic carbocycles. The summed E-state index contributed by atoms with van der Waals surface area (Å²) in [6.45, 7) is 9.31. The molecule has 0 aromatic rings. The lowest BCUT2D eigenvalue weighted by Gasteiger charge is -2.18. The maximum absolute atomic E-state index is 10.8. The Morgan fingerprint density at radius 3 is 2.57 bits per heavy atom. The molecule has 0 saturated heterocycles. The Bertz CT molecular complexity index is 179. The van der Waals surface area contributed by atoms with Crippen molar-refractivity contribution in [2.24, 2.45) is 0 Å². The van der Waals surface area contributed by atoms with Crippen molar-refractivity contribution in [3.8, 4) is 0 Å². The molecule has 82 valence electrons. The molecule has 0 N–H and O–H groups in total. The molecule has 4 heteroatoms. The fourth-order valence-corrected chi connectivity index (χ4v) is 0.832. The number of rotatable bonds is 7. The quantitative estimate of drug-likeness (QED) is 0.359. The Hall–Kier alpha value is -0.870. The molecule has 0 radical (unpaired) electrons. The van der Waals surface area contributed by atoms with Crippen LogP contribution in [0.15, 0.2) is 12.7 Å². The summed E-state index contributed by atoms with van der Waals surface area (Å²) < 4.78 is 15.2. The van der Waals surface area contributed by atoms with Crippen LogP contribution in [0.4, 0.5) is 0 Å². The highest BCUT2D eigenvalue weighted by molar-refractivity contribution is 5.81. The normalized spacial score (nSPS) is 14.5. The number of hydrogen-bond donors (Lipinski definition) is 0. The zero-order valence-electron chi connectivity index (χ0n) is 8.99. The molecule has 0 amide bonds. The van der Waals surface area contributed by atoms with Crippen molar-refractivity contribution in [3.63, 3.8) is 0 Å². The van der Waals surface area contributed by atoms with Crippen molar-refractivity contribution in [1.29, 1.82) is 0 Å². The van der Waals surface area contributed by atoms with Crippen molar-refractivity contribution >= 4 is 5.97 Å². The Kier molecular flexibility index (Phi) is 7.06. The van der Waals surface area contributed by atoms with E-state index in [1.165, 1.54) is 0 Å². The summed E-state index contributed by atoms with van der Waals surface area (Å²) >= 11 is 0. The van der Waals surface area contributed by atoms with Crippen molar-refractivity contribution in [1.82, 2.24) is 0 Å². The van der Waals surface area contributed by atoms with E-state index in [-0.39, 0.29) is 6.29 Å². The van der Waals surface area contributed by atoms with Gasteiger partial charge in [-0.1, -0.05) is 13.5 Å². The molecule has 0 fully saturated rings. The van der Waals surface area contributed by atoms with Crippen molar-refractivity contribution in [3.05, 3.63) is 12.7 Å². The van der Waals surface area contributed by atoms with E-state index in [1.54, 1.807) is 13.8 Å². The second-order valence-electron chi connectivity index (χ2n) is 2.78. The first-order chi connectivity index (χ1) is 6.60. The second-order valence-corrected chi connectivity index (χ2v) is 2.78. The molecular formula is C10H18O4. The van der Waals surface area contributed by atoms with Crippen LogP contribution in [0.2, 0.25) is 0 Å². The summed E-state index contributed by atoms with van der Waals surface area (Å²) in [4.78, 5) is 10.8. The van der Waals surface area contributed by atoms with Crippen LogP contribution in [0, 0.1) is 0 Å². The Balaban J connectivity index is 3.64. The number of carbonyl (C=O) groups excluding carboxylic acids is 1. The van der Waals surface area contributed by atoms with Gasteiger partial charge in [0.1, 0.15) is 0 Å². The maximum atomic E-state index is 10.8. The first kappa shape index (κ1) is 13.1.